The SMILES string of the molecule is CN(CC=CC#CC(C)(C)C)CC(=O)c1ccc(Cl)cc1. The summed E-state index contributed by atoms with van der Waals surface area (Å²) in [6.45, 7) is 7.29. The van der Waals surface area contributed by atoms with Crippen molar-refractivity contribution < 1.29 is 4.79 Å². The molecule has 0 saturated carbocycles. The van der Waals surface area contributed by atoms with Gasteiger partial charge in [-0.05, 0) is 58.2 Å². The van der Waals surface area contributed by atoms with Crippen LogP contribution in [-0.2, 0) is 0 Å². The predicted octanol–water partition coefficient (Wildman–Crippen LogP) is 4.06. The summed E-state index contributed by atoms with van der Waals surface area (Å²) >= 11 is 5.81. The van der Waals surface area contributed by atoms with Crippen molar-refractivity contribution in [1.29, 1.82) is 0 Å². The van der Waals surface area contributed by atoms with Crippen LogP contribution in [0, 0.1) is 17.3 Å². The van der Waals surface area contributed by atoms with Crippen LogP contribution in [0.15, 0.2) is 36.4 Å². The van der Waals surface area contributed by atoms with Gasteiger partial charge in [-0.1, -0.05) is 29.5 Å². The first-order valence-corrected chi connectivity index (χ1v) is 7.31. The second-order valence-corrected chi connectivity index (χ2v) is 6.48. The zero-order valence-corrected chi connectivity index (χ0v) is 13.9. The number of allylic oxidation sites excluding steroid dienone is 1. The number of likely N-dealkylation sites (N-methyl/N-ethyl adjacent to an activating group) is 1. The van der Waals surface area contributed by atoms with Crippen LogP contribution in [0.3, 0.4) is 0 Å². The van der Waals surface area contributed by atoms with Crippen LogP contribution in [-0.4, -0.2) is 30.8 Å². The summed E-state index contributed by atoms with van der Waals surface area (Å²) in [5, 5.41) is 0.639. The fraction of sp³-hybridized carbons (Fsp3) is 0.389. The Morgan fingerprint density at radius 3 is 2.48 bits per heavy atom. The minimum absolute atomic E-state index is 0.0147. The Kier molecular flexibility index (Phi) is 6.68. The molecule has 1 rings (SSSR count). The highest BCUT2D eigenvalue weighted by Gasteiger charge is 2.08. The lowest BCUT2D eigenvalue weighted by Crippen LogP contribution is -2.26. The minimum atomic E-state index is 0.0147. The van der Waals surface area contributed by atoms with Crippen molar-refractivity contribution in [3.05, 3.63) is 47.0 Å². The van der Waals surface area contributed by atoms with Gasteiger partial charge < -0.3 is 0 Å². The number of Topliss-reactive ketones (excluding diaryl/α,β-unsaturated/α-hetero) is 1. The van der Waals surface area contributed by atoms with Crippen molar-refractivity contribution in [1.82, 2.24) is 4.90 Å². The van der Waals surface area contributed by atoms with E-state index < -0.39 is 0 Å². The first-order valence-electron chi connectivity index (χ1n) is 6.93. The number of ketones is 1. The third-order valence-corrected chi connectivity index (χ3v) is 2.90. The number of hydrogen-bond donors (Lipinski definition) is 0. The zero-order chi connectivity index (χ0) is 15.9. The van der Waals surface area contributed by atoms with Gasteiger partial charge in [0.1, 0.15) is 0 Å². The molecule has 0 radical (unpaired) electrons. The minimum Gasteiger partial charge on any atom is -0.295 e. The number of halogens is 1. The molecule has 2 nitrogen and oxygen atoms in total. The van der Waals surface area contributed by atoms with Gasteiger partial charge in [0.25, 0.3) is 0 Å². The van der Waals surface area contributed by atoms with Gasteiger partial charge in [-0.15, -0.1) is 0 Å². The highest BCUT2D eigenvalue weighted by Crippen LogP contribution is 2.10. The van der Waals surface area contributed by atoms with Crippen LogP contribution in [0.25, 0.3) is 0 Å². The van der Waals surface area contributed by atoms with Crippen LogP contribution >= 0.6 is 11.6 Å². The third-order valence-electron chi connectivity index (χ3n) is 2.65. The van der Waals surface area contributed by atoms with Gasteiger partial charge in [0, 0.05) is 22.5 Å². The molecule has 0 unspecified atom stereocenters. The number of carbonyl (C=O) groups excluding carboxylic acids is 1. The summed E-state index contributed by atoms with van der Waals surface area (Å²) < 4.78 is 0. The average molecular weight is 304 g/mol. The number of nitrogens with zero attached hydrogens (tertiary/aromatic N) is 1. The average Bonchev–Trinajstić information content (AvgIpc) is 2.37. The summed E-state index contributed by atoms with van der Waals surface area (Å²) in [4.78, 5) is 14.0. The molecule has 0 fully saturated rings. The smallest absolute Gasteiger partial charge is 0.176 e. The molecular formula is C18H22ClNO. The molecule has 0 atom stereocenters. The van der Waals surface area contributed by atoms with Gasteiger partial charge in [-0.25, -0.2) is 0 Å². The number of rotatable bonds is 5. The Balaban J connectivity index is 2.44. The maximum absolute atomic E-state index is 12.0. The molecule has 0 amide bonds. The van der Waals surface area contributed by atoms with Gasteiger partial charge in [0.2, 0.25) is 0 Å². The molecule has 0 spiro atoms. The monoisotopic (exact) mass is 303 g/mol. The molecule has 112 valence electrons. The van der Waals surface area contributed by atoms with E-state index in [9.17, 15) is 4.79 Å². The number of hydrogen-bond acceptors (Lipinski definition) is 2. The summed E-state index contributed by atoms with van der Waals surface area (Å²) in [6.07, 6.45) is 3.81. The standard InChI is InChI=1S/C18H22ClNO/c1-18(2,3)12-6-5-7-13-20(4)14-17(21)15-8-10-16(19)11-9-15/h5,7-11H,13-14H2,1-4H3. The topological polar surface area (TPSA) is 20.3 Å². The second-order valence-electron chi connectivity index (χ2n) is 6.05. The Bertz CT molecular complexity index is 556. The molecule has 21 heavy (non-hydrogen) atoms. The molecule has 0 heterocycles. The third kappa shape index (κ3) is 7.70. The Morgan fingerprint density at radius 1 is 1.29 bits per heavy atom. The van der Waals surface area contributed by atoms with Crippen molar-refractivity contribution in [2.45, 2.75) is 20.8 Å². The second kappa shape index (κ2) is 8.02. The number of carbonyl (C=O) groups is 1. The van der Waals surface area contributed by atoms with E-state index in [-0.39, 0.29) is 11.2 Å². The van der Waals surface area contributed by atoms with Crippen molar-refractivity contribution in [2.24, 2.45) is 5.41 Å². The highest BCUT2D eigenvalue weighted by atomic mass is 35.5. The molecular weight excluding hydrogens is 282 g/mol. The first-order chi connectivity index (χ1) is 9.78. The first kappa shape index (κ1) is 17.5. The highest BCUT2D eigenvalue weighted by molar-refractivity contribution is 6.30. The summed E-state index contributed by atoms with van der Waals surface area (Å²) in [7, 11) is 1.91. The summed E-state index contributed by atoms with van der Waals surface area (Å²) in [5.41, 5.74) is 0.698. The zero-order valence-electron chi connectivity index (χ0n) is 13.1. The Labute approximate surface area is 132 Å². The van der Waals surface area contributed by atoms with E-state index >= 15 is 0 Å². The van der Waals surface area contributed by atoms with Crippen molar-refractivity contribution >= 4 is 17.4 Å². The fourth-order valence-electron chi connectivity index (χ4n) is 1.59. The quantitative estimate of drug-likeness (QED) is 0.604. The summed E-state index contributed by atoms with van der Waals surface area (Å²) in [6, 6.07) is 6.97. The summed E-state index contributed by atoms with van der Waals surface area (Å²) in [5.74, 6) is 6.23. The molecule has 0 aliphatic heterocycles. The van der Waals surface area contributed by atoms with Gasteiger partial charge in [0.15, 0.2) is 5.78 Å². The van der Waals surface area contributed by atoms with E-state index in [1.165, 1.54) is 0 Å². The normalized spacial score (nSPS) is 11.5. The fourth-order valence-corrected chi connectivity index (χ4v) is 1.71. The maximum atomic E-state index is 12.0. The van der Waals surface area contributed by atoms with Gasteiger partial charge in [0.05, 0.1) is 6.54 Å². The molecule has 0 bridgehead atoms. The molecule has 0 saturated heterocycles. The Hall–Kier alpha value is -1.56. The molecule has 3 heteroatoms. The van der Waals surface area contributed by atoms with Crippen molar-refractivity contribution in [3.8, 4) is 11.8 Å². The van der Waals surface area contributed by atoms with Gasteiger partial charge in [-0.2, -0.15) is 0 Å². The van der Waals surface area contributed by atoms with E-state index in [2.05, 4.69) is 32.6 Å². The molecule has 0 aliphatic rings. The predicted molar refractivity (Wildman–Crippen MR) is 89.7 cm³/mol. The van der Waals surface area contributed by atoms with Crippen LogP contribution < -0.4 is 0 Å². The maximum Gasteiger partial charge on any atom is 0.176 e. The van der Waals surface area contributed by atoms with Crippen molar-refractivity contribution in [2.75, 3.05) is 20.1 Å². The van der Waals surface area contributed by atoms with Gasteiger partial charge >= 0.3 is 0 Å². The Morgan fingerprint density at radius 2 is 1.90 bits per heavy atom. The molecule has 0 aromatic heterocycles. The number of benzene rings is 1. The molecule has 1 aromatic carbocycles. The van der Waals surface area contributed by atoms with E-state index in [4.69, 9.17) is 11.6 Å². The van der Waals surface area contributed by atoms with E-state index in [0.717, 1.165) is 0 Å². The molecule has 0 aliphatic carbocycles. The lowest BCUT2D eigenvalue weighted by molar-refractivity contribution is 0.0952. The lowest BCUT2D eigenvalue weighted by Gasteiger charge is -2.13. The van der Waals surface area contributed by atoms with E-state index in [1.54, 1.807) is 24.3 Å². The van der Waals surface area contributed by atoms with Crippen LogP contribution in [0.2, 0.25) is 5.02 Å². The van der Waals surface area contributed by atoms with Crippen LogP contribution in [0.1, 0.15) is 31.1 Å². The molecule has 1 aromatic rings. The van der Waals surface area contributed by atoms with Crippen LogP contribution in [0.4, 0.5) is 0 Å². The largest absolute Gasteiger partial charge is 0.295 e. The lowest BCUT2D eigenvalue weighted by atomic mass is 9.98. The van der Waals surface area contributed by atoms with Gasteiger partial charge in [-0.3, -0.25) is 9.69 Å². The van der Waals surface area contributed by atoms with Crippen LogP contribution in [0.5, 0.6) is 0 Å². The van der Waals surface area contributed by atoms with E-state index in [1.807, 2.05) is 24.1 Å². The molecule has 0 N–H and O–H groups in total. The van der Waals surface area contributed by atoms with Crippen molar-refractivity contribution in [3.63, 3.8) is 0 Å². The van der Waals surface area contributed by atoms with E-state index in [0.29, 0.717) is 23.7 Å².